The van der Waals surface area contributed by atoms with Crippen LogP contribution in [0.5, 0.6) is 5.75 Å². The Bertz CT molecular complexity index is 593. The SMILES string of the molecule is CCNC1c2ccccc2CC1Oc1cccc(C)c1. The number of rotatable bonds is 4. The molecule has 20 heavy (non-hydrogen) atoms. The van der Waals surface area contributed by atoms with Crippen molar-refractivity contribution < 1.29 is 4.74 Å². The molecule has 1 N–H and O–H groups in total. The molecule has 0 spiro atoms. The predicted molar refractivity (Wildman–Crippen MR) is 82.2 cm³/mol. The summed E-state index contributed by atoms with van der Waals surface area (Å²) < 4.78 is 6.24. The Morgan fingerprint density at radius 1 is 1.15 bits per heavy atom. The first-order chi connectivity index (χ1) is 9.78. The number of hydrogen-bond donors (Lipinski definition) is 1. The lowest BCUT2D eigenvalue weighted by molar-refractivity contribution is 0.168. The van der Waals surface area contributed by atoms with Crippen LogP contribution in [0.15, 0.2) is 48.5 Å². The van der Waals surface area contributed by atoms with Gasteiger partial charge in [-0.1, -0.05) is 43.3 Å². The molecular formula is C18H21NO. The van der Waals surface area contributed by atoms with Crippen molar-refractivity contribution in [2.75, 3.05) is 6.54 Å². The number of benzene rings is 2. The van der Waals surface area contributed by atoms with Gasteiger partial charge in [0.2, 0.25) is 0 Å². The first-order valence-electron chi connectivity index (χ1n) is 7.32. The summed E-state index contributed by atoms with van der Waals surface area (Å²) in [5.74, 6) is 0.964. The molecule has 2 unspecified atom stereocenters. The van der Waals surface area contributed by atoms with Crippen molar-refractivity contribution in [1.82, 2.24) is 5.32 Å². The van der Waals surface area contributed by atoms with Gasteiger partial charge in [-0.25, -0.2) is 0 Å². The molecule has 0 fully saturated rings. The van der Waals surface area contributed by atoms with Gasteiger partial charge < -0.3 is 10.1 Å². The molecule has 0 radical (unpaired) electrons. The fourth-order valence-electron chi connectivity index (χ4n) is 2.99. The van der Waals surface area contributed by atoms with Crippen molar-refractivity contribution in [3.8, 4) is 5.75 Å². The van der Waals surface area contributed by atoms with Crippen LogP contribution >= 0.6 is 0 Å². The van der Waals surface area contributed by atoms with Crippen LogP contribution in [-0.4, -0.2) is 12.6 Å². The third-order valence-corrected chi connectivity index (χ3v) is 3.88. The van der Waals surface area contributed by atoms with E-state index < -0.39 is 0 Å². The van der Waals surface area contributed by atoms with E-state index in [4.69, 9.17) is 4.74 Å². The highest BCUT2D eigenvalue weighted by Crippen LogP contribution is 2.34. The maximum Gasteiger partial charge on any atom is 0.122 e. The Balaban J connectivity index is 1.83. The third kappa shape index (κ3) is 2.56. The molecule has 0 amide bonds. The average molecular weight is 267 g/mol. The van der Waals surface area contributed by atoms with Gasteiger partial charge >= 0.3 is 0 Å². The lowest BCUT2D eigenvalue weighted by Crippen LogP contribution is -2.32. The Labute approximate surface area is 120 Å². The zero-order valence-electron chi connectivity index (χ0n) is 12.1. The van der Waals surface area contributed by atoms with E-state index in [2.05, 4.69) is 61.6 Å². The highest BCUT2D eigenvalue weighted by molar-refractivity contribution is 5.37. The molecular weight excluding hydrogens is 246 g/mol. The molecule has 3 rings (SSSR count). The quantitative estimate of drug-likeness (QED) is 0.913. The molecule has 0 bridgehead atoms. The number of nitrogens with one attached hydrogen (secondary N) is 1. The zero-order valence-corrected chi connectivity index (χ0v) is 12.1. The van der Waals surface area contributed by atoms with Gasteiger partial charge in [0, 0.05) is 6.42 Å². The van der Waals surface area contributed by atoms with Crippen LogP contribution in [0.4, 0.5) is 0 Å². The average Bonchev–Trinajstić information content (AvgIpc) is 2.77. The molecule has 0 saturated carbocycles. The van der Waals surface area contributed by atoms with Crippen molar-refractivity contribution >= 4 is 0 Å². The van der Waals surface area contributed by atoms with E-state index >= 15 is 0 Å². The molecule has 2 nitrogen and oxygen atoms in total. The minimum atomic E-state index is 0.175. The van der Waals surface area contributed by atoms with Gasteiger partial charge in [0.25, 0.3) is 0 Å². The molecule has 0 heterocycles. The number of hydrogen-bond acceptors (Lipinski definition) is 2. The second-order valence-electron chi connectivity index (χ2n) is 5.41. The summed E-state index contributed by atoms with van der Waals surface area (Å²) in [5.41, 5.74) is 4.01. The number of aryl methyl sites for hydroxylation is 1. The zero-order chi connectivity index (χ0) is 13.9. The normalized spacial score (nSPS) is 20.7. The Morgan fingerprint density at radius 2 is 2.00 bits per heavy atom. The van der Waals surface area contributed by atoms with Crippen LogP contribution in [0.2, 0.25) is 0 Å². The predicted octanol–water partition coefficient (Wildman–Crippen LogP) is 3.65. The van der Waals surface area contributed by atoms with Crippen molar-refractivity contribution in [3.63, 3.8) is 0 Å². The molecule has 0 aromatic heterocycles. The summed E-state index contributed by atoms with van der Waals surface area (Å²) in [7, 11) is 0. The minimum absolute atomic E-state index is 0.175. The second-order valence-corrected chi connectivity index (χ2v) is 5.41. The van der Waals surface area contributed by atoms with Crippen molar-refractivity contribution in [1.29, 1.82) is 0 Å². The Morgan fingerprint density at radius 3 is 2.80 bits per heavy atom. The number of fused-ring (bicyclic) bond motifs is 1. The van der Waals surface area contributed by atoms with Crippen LogP contribution in [-0.2, 0) is 6.42 Å². The van der Waals surface area contributed by atoms with Gasteiger partial charge in [-0.15, -0.1) is 0 Å². The monoisotopic (exact) mass is 267 g/mol. The van der Waals surface area contributed by atoms with E-state index in [1.807, 2.05) is 6.07 Å². The third-order valence-electron chi connectivity index (χ3n) is 3.88. The highest BCUT2D eigenvalue weighted by atomic mass is 16.5. The minimum Gasteiger partial charge on any atom is -0.488 e. The van der Waals surface area contributed by atoms with Crippen molar-refractivity contribution in [2.45, 2.75) is 32.4 Å². The van der Waals surface area contributed by atoms with E-state index in [1.54, 1.807) is 0 Å². The van der Waals surface area contributed by atoms with E-state index in [0.29, 0.717) is 0 Å². The van der Waals surface area contributed by atoms with Gasteiger partial charge in [0.1, 0.15) is 11.9 Å². The molecule has 2 aromatic rings. The maximum absolute atomic E-state index is 6.24. The molecule has 2 aromatic carbocycles. The number of ether oxygens (including phenoxy) is 1. The highest BCUT2D eigenvalue weighted by Gasteiger charge is 2.33. The van der Waals surface area contributed by atoms with Crippen LogP contribution < -0.4 is 10.1 Å². The first-order valence-corrected chi connectivity index (χ1v) is 7.32. The van der Waals surface area contributed by atoms with Crippen LogP contribution in [0.1, 0.15) is 29.7 Å². The van der Waals surface area contributed by atoms with E-state index in [9.17, 15) is 0 Å². The van der Waals surface area contributed by atoms with Gasteiger partial charge in [-0.3, -0.25) is 0 Å². The summed E-state index contributed by atoms with van der Waals surface area (Å²) in [4.78, 5) is 0. The summed E-state index contributed by atoms with van der Waals surface area (Å²) in [6.45, 7) is 5.19. The standard InChI is InChI=1S/C18H21NO/c1-3-19-18-16-10-5-4-8-14(16)12-17(18)20-15-9-6-7-13(2)11-15/h4-11,17-19H,3,12H2,1-2H3. The smallest absolute Gasteiger partial charge is 0.122 e. The summed E-state index contributed by atoms with van der Waals surface area (Å²) in [5, 5.41) is 3.56. The Hall–Kier alpha value is -1.80. The van der Waals surface area contributed by atoms with Crippen molar-refractivity contribution in [2.24, 2.45) is 0 Å². The van der Waals surface area contributed by atoms with Gasteiger partial charge in [0.05, 0.1) is 6.04 Å². The molecule has 0 aliphatic heterocycles. The molecule has 1 aliphatic rings. The lowest BCUT2D eigenvalue weighted by Gasteiger charge is -2.23. The van der Waals surface area contributed by atoms with E-state index in [0.717, 1.165) is 18.7 Å². The molecule has 2 atom stereocenters. The topological polar surface area (TPSA) is 21.3 Å². The van der Waals surface area contributed by atoms with Gasteiger partial charge in [-0.05, 0) is 42.3 Å². The van der Waals surface area contributed by atoms with Crippen molar-refractivity contribution in [3.05, 3.63) is 65.2 Å². The second kappa shape index (κ2) is 5.68. The lowest BCUT2D eigenvalue weighted by atomic mass is 10.1. The fraction of sp³-hybridized carbons (Fsp3) is 0.333. The van der Waals surface area contributed by atoms with Crippen LogP contribution in [0.3, 0.4) is 0 Å². The molecule has 104 valence electrons. The first kappa shape index (κ1) is 13.2. The number of likely N-dealkylation sites (N-methyl/N-ethyl adjacent to an activating group) is 1. The summed E-state index contributed by atoms with van der Waals surface area (Å²) in [6, 6.07) is 17.2. The molecule has 2 heteroatoms. The van der Waals surface area contributed by atoms with Crippen LogP contribution in [0.25, 0.3) is 0 Å². The molecule has 0 saturated heterocycles. The van der Waals surface area contributed by atoms with Crippen LogP contribution in [0, 0.1) is 6.92 Å². The Kier molecular flexibility index (Phi) is 3.75. The summed E-state index contributed by atoms with van der Waals surface area (Å²) in [6.07, 6.45) is 1.15. The van der Waals surface area contributed by atoms with E-state index in [1.165, 1.54) is 16.7 Å². The largest absolute Gasteiger partial charge is 0.488 e. The summed E-state index contributed by atoms with van der Waals surface area (Å²) >= 11 is 0. The maximum atomic E-state index is 6.24. The van der Waals surface area contributed by atoms with E-state index in [-0.39, 0.29) is 12.1 Å². The molecule has 1 aliphatic carbocycles. The van der Waals surface area contributed by atoms with Gasteiger partial charge in [0.15, 0.2) is 0 Å². The fourth-order valence-corrected chi connectivity index (χ4v) is 2.99. The van der Waals surface area contributed by atoms with Gasteiger partial charge in [-0.2, -0.15) is 0 Å².